The second kappa shape index (κ2) is 5.24. The molecule has 1 heterocycles. The van der Waals surface area contributed by atoms with E-state index in [0.717, 1.165) is 15.8 Å². The molecule has 92 valence electrons. The molecule has 0 fully saturated rings. The van der Waals surface area contributed by atoms with Crippen molar-refractivity contribution in [3.05, 3.63) is 72.4 Å². The molecule has 0 saturated carbocycles. The number of aromatic nitrogens is 1. The lowest BCUT2D eigenvalue weighted by Gasteiger charge is -2.04. The van der Waals surface area contributed by atoms with Gasteiger partial charge < -0.3 is 0 Å². The molecule has 0 amide bonds. The maximum absolute atomic E-state index is 12.2. The van der Waals surface area contributed by atoms with Gasteiger partial charge in [0, 0.05) is 22.0 Å². The Hall–Kier alpha value is -2.13. The maximum Gasteiger partial charge on any atom is 0.224 e. The molecule has 2 nitrogen and oxygen atoms in total. The molecule has 0 N–H and O–H groups in total. The van der Waals surface area contributed by atoms with Crippen molar-refractivity contribution in [2.75, 3.05) is 0 Å². The fourth-order valence-corrected chi connectivity index (χ4v) is 2.76. The summed E-state index contributed by atoms with van der Waals surface area (Å²) in [6.07, 6.45) is 1.75. The minimum Gasteiger partial charge on any atom is -0.281 e. The first-order chi connectivity index (χ1) is 9.34. The zero-order valence-electron chi connectivity index (χ0n) is 10.1. The van der Waals surface area contributed by atoms with Gasteiger partial charge in [0.25, 0.3) is 0 Å². The van der Waals surface area contributed by atoms with Crippen LogP contribution in [-0.2, 0) is 0 Å². The van der Waals surface area contributed by atoms with Crippen molar-refractivity contribution < 1.29 is 4.79 Å². The van der Waals surface area contributed by atoms with Gasteiger partial charge in [0.1, 0.15) is 0 Å². The van der Waals surface area contributed by atoms with Crippen LogP contribution in [0, 0.1) is 0 Å². The second-order valence-corrected chi connectivity index (χ2v) is 5.10. The van der Waals surface area contributed by atoms with Gasteiger partial charge in [-0.1, -0.05) is 48.5 Å². The van der Waals surface area contributed by atoms with Gasteiger partial charge in [-0.2, -0.15) is 0 Å². The molecule has 19 heavy (non-hydrogen) atoms. The molecular weight excluding hydrogens is 254 g/mol. The third-order valence-electron chi connectivity index (χ3n) is 2.81. The number of hydrogen-bond acceptors (Lipinski definition) is 3. The lowest BCUT2D eigenvalue weighted by atomic mass is 10.2. The highest BCUT2D eigenvalue weighted by molar-refractivity contribution is 8.14. The molecule has 3 rings (SSSR count). The average molecular weight is 265 g/mol. The molecule has 0 unspecified atom stereocenters. The van der Waals surface area contributed by atoms with Crippen LogP contribution in [-0.4, -0.2) is 10.1 Å². The third kappa shape index (κ3) is 2.51. The van der Waals surface area contributed by atoms with Crippen molar-refractivity contribution >= 4 is 27.8 Å². The molecule has 0 saturated heterocycles. The Labute approximate surface area is 115 Å². The molecule has 2 aromatic carbocycles. The van der Waals surface area contributed by atoms with Gasteiger partial charge in [0.15, 0.2) is 0 Å². The highest BCUT2D eigenvalue weighted by atomic mass is 32.2. The molecule has 0 bridgehead atoms. The minimum atomic E-state index is 0.0405. The van der Waals surface area contributed by atoms with Crippen molar-refractivity contribution in [1.82, 2.24) is 4.98 Å². The number of thioether (sulfide) groups is 1. The van der Waals surface area contributed by atoms with Crippen LogP contribution in [0.25, 0.3) is 10.9 Å². The number of hydrogen-bond donors (Lipinski definition) is 0. The van der Waals surface area contributed by atoms with Crippen LogP contribution in [0.15, 0.2) is 71.8 Å². The first-order valence-corrected chi connectivity index (χ1v) is 6.77. The normalized spacial score (nSPS) is 10.5. The summed E-state index contributed by atoms with van der Waals surface area (Å²) < 4.78 is 0. The predicted molar refractivity (Wildman–Crippen MR) is 78.4 cm³/mol. The van der Waals surface area contributed by atoms with Gasteiger partial charge in [0.2, 0.25) is 5.12 Å². The zero-order valence-corrected chi connectivity index (χ0v) is 10.9. The summed E-state index contributed by atoms with van der Waals surface area (Å²) in [7, 11) is 0. The summed E-state index contributed by atoms with van der Waals surface area (Å²) in [4.78, 5) is 17.4. The van der Waals surface area contributed by atoms with E-state index in [1.165, 1.54) is 11.8 Å². The van der Waals surface area contributed by atoms with Crippen LogP contribution in [0.3, 0.4) is 0 Å². The van der Waals surface area contributed by atoms with Crippen LogP contribution < -0.4 is 0 Å². The van der Waals surface area contributed by atoms with E-state index in [1.54, 1.807) is 6.20 Å². The van der Waals surface area contributed by atoms with Crippen molar-refractivity contribution in [2.45, 2.75) is 4.90 Å². The number of benzene rings is 2. The van der Waals surface area contributed by atoms with Crippen molar-refractivity contribution in [3.63, 3.8) is 0 Å². The van der Waals surface area contributed by atoms with Crippen molar-refractivity contribution in [3.8, 4) is 0 Å². The first kappa shape index (κ1) is 11.9. The predicted octanol–water partition coefficient (Wildman–Crippen LogP) is 4.17. The van der Waals surface area contributed by atoms with Gasteiger partial charge in [-0.25, -0.2) is 0 Å². The highest BCUT2D eigenvalue weighted by Gasteiger charge is 2.10. The topological polar surface area (TPSA) is 30.0 Å². The fraction of sp³-hybridized carbons (Fsp3) is 0. The summed E-state index contributed by atoms with van der Waals surface area (Å²) in [6.45, 7) is 0. The van der Waals surface area contributed by atoms with E-state index in [1.807, 2.05) is 60.7 Å². The maximum atomic E-state index is 12.2. The summed E-state index contributed by atoms with van der Waals surface area (Å²) >= 11 is 1.22. The molecule has 0 spiro atoms. The van der Waals surface area contributed by atoms with E-state index in [9.17, 15) is 4.79 Å². The number of carbonyl (C=O) groups is 1. The van der Waals surface area contributed by atoms with E-state index in [-0.39, 0.29) is 5.12 Å². The van der Waals surface area contributed by atoms with Crippen molar-refractivity contribution in [1.29, 1.82) is 0 Å². The van der Waals surface area contributed by atoms with Crippen LogP contribution in [0.5, 0.6) is 0 Å². The number of pyridine rings is 1. The Morgan fingerprint density at radius 1 is 0.895 bits per heavy atom. The number of carbonyl (C=O) groups excluding carboxylic acids is 1. The molecule has 0 atom stereocenters. The lowest BCUT2D eigenvalue weighted by molar-refractivity contribution is 0.108. The van der Waals surface area contributed by atoms with Crippen LogP contribution in [0.2, 0.25) is 0 Å². The molecule has 0 aliphatic heterocycles. The lowest BCUT2D eigenvalue weighted by Crippen LogP contribution is -1.93. The number of rotatable bonds is 2. The van der Waals surface area contributed by atoms with Gasteiger partial charge in [0.05, 0.1) is 5.52 Å². The van der Waals surface area contributed by atoms with Gasteiger partial charge >= 0.3 is 0 Å². The summed E-state index contributed by atoms with van der Waals surface area (Å²) in [5.74, 6) is 0. The Morgan fingerprint density at radius 3 is 2.53 bits per heavy atom. The standard InChI is InChI=1S/C16H11NOS/c18-16(13-6-2-1-3-7-13)19-14-10-4-8-12-9-5-11-17-15(12)14/h1-11H. The van der Waals surface area contributed by atoms with E-state index in [0.29, 0.717) is 5.56 Å². The second-order valence-electron chi connectivity index (χ2n) is 4.09. The number of nitrogens with zero attached hydrogens (tertiary/aromatic N) is 1. The molecule has 1 aromatic heterocycles. The Bertz CT molecular complexity index is 720. The SMILES string of the molecule is O=C(Sc1cccc2cccnc12)c1ccccc1. The minimum absolute atomic E-state index is 0.0405. The van der Waals surface area contributed by atoms with Crippen LogP contribution >= 0.6 is 11.8 Å². The quantitative estimate of drug-likeness (QED) is 0.651. The highest BCUT2D eigenvalue weighted by Crippen LogP contribution is 2.28. The average Bonchev–Trinajstić information content (AvgIpc) is 2.48. The Kier molecular flexibility index (Phi) is 3.29. The Morgan fingerprint density at radius 2 is 1.68 bits per heavy atom. The van der Waals surface area contributed by atoms with Crippen LogP contribution in [0.1, 0.15) is 10.4 Å². The monoisotopic (exact) mass is 265 g/mol. The largest absolute Gasteiger partial charge is 0.281 e. The summed E-state index contributed by atoms with van der Waals surface area (Å²) in [5, 5.41) is 1.09. The molecule has 3 aromatic rings. The molecule has 3 heteroatoms. The number of para-hydroxylation sites is 1. The smallest absolute Gasteiger partial charge is 0.224 e. The summed E-state index contributed by atoms with van der Waals surface area (Å²) in [6, 6.07) is 19.1. The molecule has 0 aliphatic rings. The molecule has 0 radical (unpaired) electrons. The van der Waals surface area contributed by atoms with Crippen molar-refractivity contribution in [2.24, 2.45) is 0 Å². The van der Waals surface area contributed by atoms with Gasteiger partial charge in [-0.05, 0) is 23.9 Å². The first-order valence-electron chi connectivity index (χ1n) is 5.95. The summed E-state index contributed by atoms with van der Waals surface area (Å²) in [5.41, 5.74) is 1.58. The fourth-order valence-electron chi connectivity index (χ4n) is 1.89. The third-order valence-corrected chi connectivity index (χ3v) is 3.78. The van der Waals surface area contributed by atoms with Crippen LogP contribution in [0.4, 0.5) is 0 Å². The molecule has 0 aliphatic carbocycles. The van der Waals surface area contributed by atoms with Gasteiger partial charge in [-0.3, -0.25) is 9.78 Å². The Balaban J connectivity index is 1.96. The zero-order chi connectivity index (χ0) is 13.1. The van der Waals surface area contributed by atoms with E-state index < -0.39 is 0 Å². The number of fused-ring (bicyclic) bond motifs is 1. The van der Waals surface area contributed by atoms with Gasteiger partial charge in [-0.15, -0.1) is 0 Å². The van der Waals surface area contributed by atoms with E-state index in [4.69, 9.17) is 0 Å². The molecular formula is C16H11NOS. The van der Waals surface area contributed by atoms with E-state index in [2.05, 4.69) is 4.98 Å². The van der Waals surface area contributed by atoms with E-state index >= 15 is 0 Å².